The molecule has 0 bridgehead atoms. The van der Waals surface area contributed by atoms with E-state index in [1.165, 1.54) is 0 Å². The maximum absolute atomic E-state index is 12.8. The second kappa shape index (κ2) is 7.39. The number of hydrogen-bond donors (Lipinski definition) is 2. The summed E-state index contributed by atoms with van der Waals surface area (Å²) in [5.41, 5.74) is 2.88. The predicted octanol–water partition coefficient (Wildman–Crippen LogP) is 1.40. The molecule has 3 heterocycles. The topological polar surface area (TPSA) is 66.7 Å². The molecule has 6 heteroatoms. The van der Waals surface area contributed by atoms with Crippen LogP contribution in [-0.2, 0) is 17.7 Å². The molecule has 1 fully saturated rings. The third-order valence-electron chi connectivity index (χ3n) is 5.49. The fraction of sp³-hybridized carbons (Fsp3) is 0.550. The van der Waals surface area contributed by atoms with Crippen molar-refractivity contribution < 1.29 is 14.6 Å². The molecule has 0 saturated carbocycles. The number of fused-ring (bicyclic) bond motifs is 3. The van der Waals surface area contributed by atoms with Crippen molar-refractivity contribution in [3.8, 4) is 0 Å². The number of aliphatic hydroxyl groups is 1. The van der Waals surface area contributed by atoms with Gasteiger partial charge < -0.3 is 24.6 Å². The number of likely N-dealkylation sites (N-methyl/N-ethyl adjacent to an activating group) is 1. The van der Waals surface area contributed by atoms with Crippen molar-refractivity contribution in [1.29, 1.82) is 0 Å². The molecule has 0 spiro atoms. The first kappa shape index (κ1) is 17.5. The van der Waals surface area contributed by atoms with Gasteiger partial charge in [0.2, 0.25) is 0 Å². The highest BCUT2D eigenvalue weighted by atomic mass is 16.5. The Labute approximate surface area is 153 Å². The highest BCUT2D eigenvalue weighted by Gasteiger charge is 2.29. The zero-order valence-electron chi connectivity index (χ0n) is 15.3. The zero-order valence-corrected chi connectivity index (χ0v) is 15.3. The van der Waals surface area contributed by atoms with Gasteiger partial charge in [0, 0.05) is 44.2 Å². The minimum Gasteiger partial charge on any atom is -0.390 e. The van der Waals surface area contributed by atoms with Gasteiger partial charge >= 0.3 is 0 Å². The Kier molecular flexibility index (Phi) is 4.98. The number of aromatic nitrogens is 1. The molecule has 1 aromatic carbocycles. The molecule has 26 heavy (non-hydrogen) atoms. The van der Waals surface area contributed by atoms with Crippen LogP contribution in [0.25, 0.3) is 10.9 Å². The zero-order chi connectivity index (χ0) is 18.1. The van der Waals surface area contributed by atoms with Crippen LogP contribution in [0.4, 0.5) is 0 Å². The van der Waals surface area contributed by atoms with Gasteiger partial charge in [0.25, 0.3) is 5.91 Å². The number of rotatable bonds is 6. The predicted molar refractivity (Wildman–Crippen MR) is 100 cm³/mol. The Morgan fingerprint density at radius 3 is 3.04 bits per heavy atom. The van der Waals surface area contributed by atoms with Crippen LogP contribution in [0.2, 0.25) is 0 Å². The first-order valence-electron chi connectivity index (χ1n) is 9.51. The van der Waals surface area contributed by atoms with E-state index in [4.69, 9.17) is 4.74 Å². The number of nitrogens with zero attached hydrogens (tertiary/aromatic N) is 2. The Morgan fingerprint density at radius 2 is 2.23 bits per heavy atom. The lowest BCUT2D eigenvalue weighted by molar-refractivity contribution is 0.0763. The Bertz CT molecular complexity index is 795. The molecule has 1 saturated heterocycles. The maximum Gasteiger partial charge on any atom is 0.270 e. The number of benzene rings is 1. The third kappa shape index (κ3) is 3.24. The van der Waals surface area contributed by atoms with E-state index in [0.29, 0.717) is 13.1 Å². The Balaban J connectivity index is 1.53. The first-order chi connectivity index (χ1) is 12.6. The molecule has 140 valence electrons. The SMILES string of the molecule is CN1CCc2c(n(CC(O)CNCC3CCCO3)c3ccccc23)C1=O. The summed E-state index contributed by atoms with van der Waals surface area (Å²) < 4.78 is 7.60. The molecule has 2 unspecified atom stereocenters. The minimum absolute atomic E-state index is 0.0435. The Hall–Kier alpha value is -1.89. The van der Waals surface area contributed by atoms with Gasteiger partial charge in [0.1, 0.15) is 5.69 Å². The molecule has 0 radical (unpaired) electrons. The number of carbonyl (C=O) groups is 1. The van der Waals surface area contributed by atoms with Gasteiger partial charge in [-0.1, -0.05) is 18.2 Å². The average Bonchev–Trinajstić information content (AvgIpc) is 3.26. The van der Waals surface area contributed by atoms with E-state index in [1.54, 1.807) is 4.90 Å². The normalized spacial score (nSPS) is 21.4. The number of aliphatic hydroxyl groups excluding tert-OH is 1. The lowest BCUT2D eigenvalue weighted by Crippen LogP contribution is -2.38. The van der Waals surface area contributed by atoms with Gasteiger partial charge in [-0.15, -0.1) is 0 Å². The van der Waals surface area contributed by atoms with Crippen molar-refractivity contribution in [2.24, 2.45) is 0 Å². The van der Waals surface area contributed by atoms with E-state index in [2.05, 4.69) is 11.4 Å². The van der Waals surface area contributed by atoms with Crippen LogP contribution in [0, 0.1) is 0 Å². The summed E-state index contributed by atoms with van der Waals surface area (Å²) >= 11 is 0. The van der Waals surface area contributed by atoms with Gasteiger partial charge in [-0.3, -0.25) is 4.79 Å². The lowest BCUT2D eigenvalue weighted by atomic mass is 10.0. The van der Waals surface area contributed by atoms with Gasteiger partial charge in [0.05, 0.1) is 18.8 Å². The van der Waals surface area contributed by atoms with E-state index in [1.807, 2.05) is 29.8 Å². The molecule has 0 aliphatic carbocycles. The first-order valence-corrected chi connectivity index (χ1v) is 9.51. The quantitative estimate of drug-likeness (QED) is 0.820. The van der Waals surface area contributed by atoms with Crippen LogP contribution >= 0.6 is 0 Å². The van der Waals surface area contributed by atoms with Crippen LogP contribution in [0.15, 0.2) is 24.3 Å². The molecule has 2 aliphatic rings. The average molecular weight is 357 g/mol. The summed E-state index contributed by atoms with van der Waals surface area (Å²) in [6.07, 6.45) is 2.76. The van der Waals surface area contributed by atoms with Crippen LogP contribution < -0.4 is 5.32 Å². The van der Waals surface area contributed by atoms with Crippen molar-refractivity contribution >= 4 is 16.8 Å². The summed E-state index contributed by atoms with van der Waals surface area (Å²) in [6.45, 7) is 3.25. The van der Waals surface area contributed by atoms with Gasteiger partial charge in [-0.05, 0) is 30.9 Å². The smallest absolute Gasteiger partial charge is 0.270 e. The monoisotopic (exact) mass is 357 g/mol. The van der Waals surface area contributed by atoms with Crippen LogP contribution in [-0.4, -0.2) is 66.0 Å². The molecular formula is C20H27N3O3. The summed E-state index contributed by atoms with van der Waals surface area (Å²) in [6, 6.07) is 8.11. The van der Waals surface area contributed by atoms with E-state index in [0.717, 1.165) is 61.1 Å². The summed E-state index contributed by atoms with van der Waals surface area (Å²) in [5.74, 6) is 0.0435. The van der Waals surface area contributed by atoms with E-state index in [-0.39, 0.29) is 12.0 Å². The van der Waals surface area contributed by atoms with Gasteiger partial charge in [-0.2, -0.15) is 0 Å². The fourth-order valence-electron chi connectivity index (χ4n) is 4.12. The van der Waals surface area contributed by atoms with Gasteiger partial charge in [-0.25, -0.2) is 0 Å². The molecule has 2 N–H and O–H groups in total. The molecule has 6 nitrogen and oxygen atoms in total. The largest absolute Gasteiger partial charge is 0.390 e. The molecule has 1 amide bonds. The third-order valence-corrected chi connectivity index (χ3v) is 5.49. The van der Waals surface area contributed by atoms with Crippen molar-refractivity contribution in [3.63, 3.8) is 0 Å². The molecular weight excluding hydrogens is 330 g/mol. The van der Waals surface area contributed by atoms with Crippen LogP contribution in [0.5, 0.6) is 0 Å². The maximum atomic E-state index is 12.8. The van der Waals surface area contributed by atoms with Crippen molar-refractivity contribution in [3.05, 3.63) is 35.5 Å². The van der Waals surface area contributed by atoms with Gasteiger partial charge in [0.15, 0.2) is 0 Å². The second-order valence-corrected chi connectivity index (χ2v) is 7.38. The van der Waals surface area contributed by atoms with Crippen LogP contribution in [0.1, 0.15) is 28.9 Å². The Morgan fingerprint density at radius 1 is 1.38 bits per heavy atom. The summed E-state index contributed by atoms with van der Waals surface area (Å²) in [4.78, 5) is 14.5. The summed E-state index contributed by atoms with van der Waals surface area (Å²) in [5, 5.41) is 15.0. The fourth-order valence-corrected chi connectivity index (χ4v) is 4.12. The van der Waals surface area contributed by atoms with Crippen LogP contribution in [0.3, 0.4) is 0 Å². The number of hydrogen-bond acceptors (Lipinski definition) is 4. The molecule has 2 aromatic rings. The number of para-hydroxylation sites is 1. The number of amides is 1. The highest BCUT2D eigenvalue weighted by Crippen LogP contribution is 2.30. The summed E-state index contributed by atoms with van der Waals surface area (Å²) in [7, 11) is 1.84. The number of nitrogens with one attached hydrogen (secondary N) is 1. The minimum atomic E-state index is -0.559. The molecule has 2 aliphatic heterocycles. The van der Waals surface area contributed by atoms with Crippen molar-refractivity contribution in [1.82, 2.24) is 14.8 Å². The molecule has 2 atom stereocenters. The second-order valence-electron chi connectivity index (χ2n) is 7.38. The lowest BCUT2D eigenvalue weighted by Gasteiger charge is -2.25. The molecule has 4 rings (SSSR count). The standard InChI is InChI=1S/C20H27N3O3/c1-22-9-8-17-16-6-2-3-7-18(16)23(19(17)20(22)25)13-14(24)11-21-12-15-5-4-10-26-15/h2-3,6-7,14-15,21,24H,4-5,8-13H2,1H3. The van der Waals surface area contributed by atoms with E-state index in [9.17, 15) is 9.90 Å². The van der Waals surface area contributed by atoms with Crippen molar-refractivity contribution in [2.75, 3.05) is 33.3 Å². The van der Waals surface area contributed by atoms with Crippen molar-refractivity contribution in [2.45, 2.75) is 38.0 Å². The van der Waals surface area contributed by atoms with E-state index >= 15 is 0 Å². The highest BCUT2D eigenvalue weighted by molar-refractivity contribution is 6.02. The number of ether oxygens (including phenoxy) is 1. The molecule has 1 aromatic heterocycles. The van der Waals surface area contributed by atoms with E-state index < -0.39 is 6.10 Å². The number of carbonyl (C=O) groups excluding carboxylic acids is 1.